The molecular formula is C22H22N4O6. The molecule has 2 N–H and O–H groups in total. The van der Waals surface area contributed by atoms with Gasteiger partial charge in [-0.25, -0.2) is 4.98 Å². The highest BCUT2D eigenvalue weighted by Gasteiger charge is 2.16. The molecule has 0 unspecified atom stereocenters. The summed E-state index contributed by atoms with van der Waals surface area (Å²) in [6, 6.07) is 8.50. The number of amides is 1. The molecule has 0 aliphatic rings. The topological polar surface area (TPSA) is 117 Å². The lowest BCUT2D eigenvalue weighted by atomic mass is 10.2. The Bertz CT molecular complexity index is 1350. The van der Waals surface area contributed by atoms with E-state index in [0.29, 0.717) is 39.7 Å². The zero-order valence-corrected chi connectivity index (χ0v) is 18.0. The number of H-pyrrole nitrogens is 1. The van der Waals surface area contributed by atoms with Gasteiger partial charge in [-0.3, -0.25) is 14.2 Å². The minimum Gasteiger partial charge on any atom is -0.497 e. The molecule has 4 rings (SSSR count). The van der Waals surface area contributed by atoms with Gasteiger partial charge in [0.15, 0.2) is 11.5 Å². The number of carbonyl (C=O) groups excluding carboxylic acids is 1. The molecule has 2 aromatic carbocycles. The maximum atomic E-state index is 13.0. The Balaban J connectivity index is 1.65. The van der Waals surface area contributed by atoms with Crippen molar-refractivity contribution in [3.63, 3.8) is 0 Å². The van der Waals surface area contributed by atoms with Crippen molar-refractivity contribution in [1.82, 2.24) is 14.5 Å². The van der Waals surface area contributed by atoms with Gasteiger partial charge in [-0.05, 0) is 6.07 Å². The molecule has 10 heteroatoms. The first kappa shape index (κ1) is 21.0. The van der Waals surface area contributed by atoms with E-state index < -0.39 is 5.91 Å². The van der Waals surface area contributed by atoms with Crippen LogP contribution in [0.4, 0.5) is 5.69 Å². The second kappa shape index (κ2) is 8.50. The molecule has 32 heavy (non-hydrogen) atoms. The van der Waals surface area contributed by atoms with Gasteiger partial charge in [-0.1, -0.05) is 0 Å². The summed E-state index contributed by atoms with van der Waals surface area (Å²) in [5.41, 5.74) is 1.56. The number of hydrogen-bond acceptors (Lipinski definition) is 7. The van der Waals surface area contributed by atoms with Gasteiger partial charge in [0, 0.05) is 35.3 Å². The summed E-state index contributed by atoms with van der Waals surface area (Å²) in [7, 11) is 6.11. The molecule has 0 saturated carbocycles. The van der Waals surface area contributed by atoms with Crippen LogP contribution in [-0.2, 0) is 11.3 Å². The number of nitrogens with zero attached hydrogens (tertiary/aromatic N) is 2. The monoisotopic (exact) mass is 438 g/mol. The van der Waals surface area contributed by atoms with Crippen molar-refractivity contribution in [2.24, 2.45) is 0 Å². The van der Waals surface area contributed by atoms with Gasteiger partial charge in [-0.2, -0.15) is 0 Å². The number of ether oxygens (including phenoxy) is 4. The summed E-state index contributed by atoms with van der Waals surface area (Å²) in [6.07, 6.45) is 1.35. The smallest absolute Gasteiger partial charge is 0.278 e. The third-order valence-electron chi connectivity index (χ3n) is 5.03. The van der Waals surface area contributed by atoms with Crippen LogP contribution in [0.5, 0.6) is 23.0 Å². The lowest BCUT2D eigenvalue weighted by Gasteiger charge is -2.10. The molecule has 166 valence electrons. The van der Waals surface area contributed by atoms with Crippen LogP contribution in [0.3, 0.4) is 0 Å². The van der Waals surface area contributed by atoms with Crippen LogP contribution in [0.1, 0.15) is 0 Å². The minimum atomic E-state index is -0.400. The molecule has 0 atom stereocenters. The first-order chi connectivity index (χ1) is 15.5. The van der Waals surface area contributed by atoms with E-state index in [2.05, 4.69) is 15.3 Å². The lowest BCUT2D eigenvalue weighted by Crippen LogP contribution is -2.28. The number of carbonyl (C=O) groups is 1. The Kier molecular flexibility index (Phi) is 5.59. The van der Waals surface area contributed by atoms with Crippen LogP contribution >= 0.6 is 0 Å². The Morgan fingerprint density at radius 1 is 0.969 bits per heavy atom. The van der Waals surface area contributed by atoms with Crippen LogP contribution in [0.2, 0.25) is 0 Å². The molecule has 2 heterocycles. The number of anilines is 1. The van der Waals surface area contributed by atoms with Crippen molar-refractivity contribution >= 4 is 33.5 Å². The average Bonchev–Trinajstić information content (AvgIpc) is 3.17. The number of nitrogens with one attached hydrogen (secondary N) is 2. The van der Waals surface area contributed by atoms with Crippen LogP contribution in [-0.4, -0.2) is 48.9 Å². The fraction of sp³-hybridized carbons (Fsp3) is 0.227. The van der Waals surface area contributed by atoms with Gasteiger partial charge in [-0.15, -0.1) is 0 Å². The maximum absolute atomic E-state index is 13.0. The number of aromatic nitrogens is 3. The van der Waals surface area contributed by atoms with E-state index in [0.717, 1.165) is 5.39 Å². The Morgan fingerprint density at radius 2 is 1.62 bits per heavy atom. The Morgan fingerprint density at radius 3 is 2.25 bits per heavy atom. The first-order valence-electron chi connectivity index (χ1n) is 9.63. The molecule has 0 radical (unpaired) electrons. The van der Waals surface area contributed by atoms with E-state index >= 15 is 0 Å². The fourth-order valence-electron chi connectivity index (χ4n) is 3.47. The van der Waals surface area contributed by atoms with E-state index in [1.54, 1.807) is 30.3 Å². The predicted molar refractivity (Wildman–Crippen MR) is 119 cm³/mol. The maximum Gasteiger partial charge on any atom is 0.278 e. The van der Waals surface area contributed by atoms with Crippen molar-refractivity contribution in [3.05, 3.63) is 47.0 Å². The van der Waals surface area contributed by atoms with Crippen molar-refractivity contribution in [2.45, 2.75) is 6.54 Å². The number of hydrogen-bond donors (Lipinski definition) is 2. The molecule has 4 aromatic rings. The minimum absolute atomic E-state index is 0.219. The highest BCUT2D eigenvalue weighted by molar-refractivity contribution is 6.05. The van der Waals surface area contributed by atoms with E-state index in [-0.39, 0.29) is 17.6 Å². The van der Waals surface area contributed by atoms with Gasteiger partial charge >= 0.3 is 0 Å². The van der Waals surface area contributed by atoms with Crippen molar-refractivity contribution < 1.29 is 23.7 Å². The molecule has 0 saturated heterocycles. The summed E-state index contributed by atoms with van der Waals surface area (Å²) in [5, 5.41) is 3.46. The average molecular weight is 438 g/mol. The highest BCUT2D eigenvalue weighted by Crippen LogP contribution is 2.34. The summed E-state index contributed by atoms with van der Waals surface area (Å²) in [4.78, 5) is 33.1. The Hall–Kier alpha value is -4.21. The standard InChI is InChI=1S/C22H22N4O6/c1-29-13-5-12(6-14(7-13)30-2)24-19(27)10-26-11-23-20-15-8-17(31-3)18(32-4)9-16(15)25-21(20)22(26)28/h5-9,11,25H,10H2,1-4H3,(H,24,27). The van der Waals surface area contributed by atoms with Gasteiger partial charge < -0.3 is 29.2 Å². The summed E-state index contributed by atoms with van der Waals surface area (Å²) < 4.78 is 22.3. The van der Waals surface area contributed by atoms with Crippen molar-refractivity contribution in [2.75, 3.05) is 33.8 Å². The SMILES string of the molecule is COc1cc(NC(=O)Cn2cnc3c([nH]c4cc(OC)c(OC)cc43)c2=O)cc(OC)c1. The zero-order chi connectivity index (χ0) is 22.8. The molecule has 0 aliphatic heterocycles. The van der Waals surface area contributed by atoms with E-state index in [4.69, 9.17) is 18.9 Å². The number of fused-ring (bicyclic) bond motifs is 3. The number of rotatable bonds is 7. The summed E-state index contributed by atoms with van der Waals surface area (Å²) in [6.45, 7) is -0.219. The summed E-state index contributed by atoms with van der Waals surface area (Å²) >= 11 is 0. The van der Waals surface area contributed by atoms with Crippen molar-refractivity contribution in [3.8, 4) is 23.0 Å². The van der Waals surface area contributed by atoms with E-state index in [1.807, 2.05) is 0 Å². The van der Waals surface area contributed by atoms with Gasteiger partial charge in [0.05, 0.1) is 40.3 Å². The van der Waals surface area contributed by atoms with Crippen molar-refractivity contribution in [1.29, 1.82) is 0 Å². The van der Waals surface area contributed by atoms with Gasteiger partial charge in [0.2, 0.25) is 5.91 Å². The van der Waals surface area contributed by atoms with E-state index in [1.165, 1.54) is 39.3 Å². The highest BCUT2D eigenvalue weighted by atomic mass is 16.5. The van der Waals surface area contributed by atoms with Crippen LogP contribution in [0, 0.1) is 0 Å². The molecule has 0 aliphatic carbocycles. The lowest BCUT2D eigenvalue weighted by molar-refractivity contribution is -0.116. The normalized spacial score (nSPS) is 10.9. The number of methoxy groups -OCH3 is 4. The Labute approximate surface area is 182 Å². The number of benzene rings is 2. The van der Waals surface area contributed by atoms with E-state index in [9.17, 15) is 9.59 Å². The second-order valence-corrected chi connectivity index (χ2v) is 6.93. The predicted octanol–water partition coefficient (Wildman–Crippen LogP) is 2.55. The fourth-order valence-corrected chi connectivity index (χ4v) is 3.47. The molecule has 10 nitrogen and oxygen atoms in total. The van der Waals surface area contributed by atoms with Crippen LogP contribution in [0.15, 0.2) is 41.5 Å². The third kappa shape index (κ3) is 3.78. The molecule has 2 aromatic heterocycles. The first-order valence-corrected chi connectivity index (χ1v) is 9.63. The van der Waals surface area contributed by atoms with Gasteiger partial charge in [0.1, 0.15) is 29.1 Å². The summed E-state index contributed by atoms with van der Waals surface area (Å²) in [5.74, 6) is 1.72. The molecular weight excluding hydrogens is 416 g/mol. The second-order valence-electron chi connectivity index (χ2n) is 6.93. The zero-order valence-electron chi connectivity index (χ0n) is 18.0. The third-order valence-corrected chi connectivity index (χ3v) is 5.03. The molecule has 0 spiro atoms. The molecule has 1 amide bonds. The van der Waals surface area contributed by atoms with Crippen LogP contribution in [0.25, 0.3) is 21.9 Å². The quantitative estimate of drug-likeness (QED) is 0.455. The van der Waals surface area contributed by atoms with Crippen LogP contribution < -0.4 is 29.8 Å². The van der Waals surface area contributed by atoms with Gasteiger partial charge in [0.25, 0.3) is 5.56 Å². The largest absolute Gasteiger partial charge is 0.497 e. The molecule has 0 fully saturated rings. The number of aromatic amines is 1. The molecule has 0 bridgehead atoms.